The number of hydrogen-bond acceptors (Lipinski definition) is 4. The molecule has 1 heterocycles. The number of rotatable bonds is 9. The van der Waals surface area contributed by atoms with Crippen molar-refractivity contribution in [1.82, 2.24) is 10.2 Å². The third kappa shape index (κ3) is 5.89. The first-order chi connectivity index (χ1) is 9.48. The molecule has 3 N–H and O–H groups in total. The zero-order valence-electron chi connectivity index (χ0n) is 12.8. The molecule has 0 aromatic carbocycles. The molecule has 0 radical (unpaired) electrons. The Balaban J connectivity index is 2.23. The number of nitrogens with zero attached hydrogens (tertiary/aromatic N) is 1. The van der Waals surface area contributed by atoms with E-state index in [1.54, 1.807) is 0 Å². The van der Waals surface area contributed by atoms with Crippen molar-refractivity contribution in [2.24, 2.45) is 5.73 Å². The average molecular weight is 303 g/mol. The van der Waals surface area contributed by atoms with Gasteiger partial charge in [0.05, 0.1) is 5.54 Å². The molecule has 1 unspecified atom stereocenters. The number of carbonyl (C=O) groups excluding carboxylic acids is 1. The SMILES string of the molecule is CCCNC(C)(CCCCN1CCS(=O)CC1)C(N)=O. The highest BCUT2D eigenvalue weighted by Crippen LogP contribution is 2.14. The van der Waals surface area contributed by atoms with Gasteiger partial charge < -0.3 is 16.0 Å². The molecule has 0 aromatic heterocycles. The normalized spacial score (nSPS) is 20.7. The quantitative estimate of drug-likeness (QED) is 0.607. The van der Waals surface area contributed by atoms with Crippen LogP contribution in [0.25, 0.3) is 0 Å². The van der Waals surface area contributed by atoms with Gasteiger partial charge in [0.1, 0.15) is 0 Å². The Kier molecular flexibility index (Phi) is 7.69. The van der Waals surface area contributed by atoms with Crippen LogP contribution in [0, 0.1) is 0 Å². The maximum Gasteiger partial charge on any atom is 0.237 e. The fraction of sp³-hybridized carbons (Fsp3) is 0.929. The Morgan fingerprint density at radius 1 is 1.35 bits per heavy atom. The molecule has 1 aliphatic heterocycles. The number of nitrogens with one attached hydrogen (secondary N) is 1. The zero-order valence-corrected chi connectivity index (χ0v) is 13.6. The van der Waals surface area contributed by atoms with E-state index in [4.69, 9.17) is 5.73 Å². The highest BCUT2D eigenvalue weighted by atomic mass is 32.2. The van der Waals surface area contributed by atoms with E-state index in [9.17, 15) is 9.00 Å². The van der Waals surface area contributed by atoms with E-state index in [-0.39, 0.29) is 5.91 Å². The van der Waals surface area contributed by atoms with Crippen molar-refractivity contribution in [3.8, 4) is 0 Å². The fourth-order valence-electron chi connectivity index (χ4n) is 2.41. The molecule has 1 amide bonds. The van der Waals surface area contributed by atoms with Crippen LogP contribution in [0.1, 0.15) is 39.5 Å². The molecule has 20 heavy (non-hydrogen) atoms. The lowest BCUT2D eigenvalue weighted by molar-refractivity contribution is -0.124. The first kappa shape index (κ1) is 17.6. The van der Waals surface area contributed by atoms with Crippen LogP contribution < -0.4 is 11.1 Å². The standard InChI is InChI=1S/C14H29N3O2S/c1-3-7-16-14(2,13(15)18)6-4-5-8-17-9-11-20(19)12-10-17/h16H,3-12H2,1-2H3,(H2,15,18). The largest absolute Gasteiger partial charge is 0.368 e. The molecule has 1 aliphatic rings. The highest BCUT2D eigenvalue weighted by Gasteiger charge is 2.29. The number of unbranched alkanes of at least 4 members (excludes halogenated alkanes) is 1. The lowest BCUT2D eigenvalue weighted by Gasteiger charge is -2.29. The van der Waals surface area contributed by atoms with Crippen molar-refractivity contribution in [2.45, 2.75) is 45.1 Å². The predicted molar refractivity (Wildman–Crippen MR) is 84.1 cm³/mol. The Morgan fingerprint density at radius 3 is 2.55 bits per heavy atom. The van der Waals surface area contributed by atoms with Crippen LogP contribution in [0.3, 0.4) is 0 Å². The lowest BCUT2D eigenvalue weighted by atomic mass is 9.93. The summed E-state index contributed by atoms with van der Waals surface area (Å²) in [7, 11) is -0.605. The van der Waals surface area contributed by atoms with Gasteiger partial charge in [-0.2, -0.15) is 0 Å². The second-order valence-electron chi connectivity index (χ2n) is 5.77. The predicted octanol–water partition coefficient (Wildman–Crippen LogP) is 0.465. The van der Waals surface area contributed by atoms with E-state index in [1.165, 1.54) is 0 Å². The van der Waals surface area contributed by atoms with Gasteiger partial charge in [0.2, 0.25) is 5.91 Å². The van der Waals surface area contributed by atoms with Gasteiger partial charge >= 0.3 is 0 Å². The molecule has 0 aliphatic carbocycles. The Bertz CT molecular complexity index is 328. The van der Waals surface area contributed by atoms with Crippen LogP contribution in [-0.2, 0) is 15.6 Å². The molecule has 0 aromatic rings. The summed E-state index contributed by atoms with van der Waals surface area (Å²) >= 11 is 0. The minimum Gasteiger partial charge on any atom is -0.368 e. The summed E-state index contributed by atoms with van der Waals surface area (Å²) in [5.41, 5.74) is 4.92. The second-order valence-corrected chi connectivity index (χ2v) is 7.47. The number of nitrogens with two attached hydrogens (primary N) is 1. The molecule has 1 atom stereocenters. The van der Waals surface area contributed by atoms with Crippen LogP contribution in [0.15, 0.2) is 0 Å². The van der Waals surface area contributed by atoms with E-state index in [0.29, 0.717) is 0 Å². The van der Waals surface area contributed by atoms with E-state index in [2.05, 4.69) is 17.1 Å². The molecule has 5 nitrogen and oxygen atoms in total. The smallest absolute Gasteiger partial charge is 0.237 e. The minimum atomic E-state index is -0.605. The van der Waals surface area contributed by atoms with E-state index >= 15 is 0 Å². The summed E-state index contributed by atoms with van der Waals surface area (Å²) in [6, 6.07) is 0. The monoisotopic (exact) mass is 303 g/mol. The Morgan fingerprint density at radius 2 is 2.00 bits per heavy atom. The van der Waals surface area contributed by atoms with E-state index in [0.717, 1.165) is 63.4 Å². The molecule has 1 rings (SSSR count). The third-order valence-corrected chi connectivity index (χ3v) is 5.26. The fourth-order valence-corrected chi connectivity index (χ4v) is 3.54. The van der Waals surface area contributed by atoms with Crippen molar-refractivity contribution in [3.05, 3.63) is 0 Å². The molecule has 118 valence electrons. The van der Waals surface area contributed by atoms with Crippen LogP contribution in [0.2, 0.25) is 0 Å². The second kappa shape index (κ2) is 8.74. The van der Waals surface area contributed by atoms with Gasteiger partial charge in [-0.15, -0.1) is 0 Å². The van der Waals surface area contributed by atoms with Crippen molar-refractivity contribution < 1.29 is 9.00 Å². The van der Waals surface area contributed by atoms with Crippen LogP contribution >= 0.6 is 0 Å². The summed E-state index contributed by atoms with van der Waals surface area (Å²) in [6.45, 7) is 7.70. The van der Waals surface area contributed by atoms with Crippen LogP contribution in [0.5, 0.6) is 0 Å². The first-order valence-electron chi connectivity index (χ1n) is 7.60. The Labute approximate surface area is 125 Å². The summed E-state index contributed by atoms with van der Waals surface area (Å²) in [6.07, 6.45) is 3.81. The Hall–Kier alpha value is -0.460. The minimum absolute atomic E-state index is 0.265. The molecule has 0 bridgehead atoms. The van der Waals surface area contributed by atoms with Gasteiger partial charge in [-0.05, 0) is 45.7 Å². The van der Waals surface area contributed by atoms with Gasteiger partial charge in [-0.1, -0.05) is 6.92 Å². The molecule has 6 heteroatoms. The van der Waals surface area contributed by atoms with Crippen molar-refractivity contribution in [1.29, 1.82) is 0 Å². The molecular weight excluding hydrogens is 274 g/mol. The van der Waals surface area contributed by atoms with Gasteiger partial charge in [0, 0.05) is 35.4 Å². The number of carbonyl (C=O) groups is 1. The van der Waals surface area contributed by atoms with E-state index in [1.807, 2.05) is 6.92 Å². The molecule has 0 spiro atoms. The molecular formula is C14H29N3O2S. The first-order valence-corrected chi connectivity index (χ1v) is 9.09. The summed E-state index contributed by atoms with van der Waals surface area (Å²) in [5.74, 6) is 1.34. The molecule has 0 saturated carbocycles. The molecule has 1 fully saturated rings. The van der Waals surface area contributed by atoms with Crippen LogP contribution in [-0.4, -0.2) is 58.2 Å². The zero-order chi connectivity index (χ0) is 15.0. The van der Waals surface area contributed by atoms with Crippen molar-refractivity contribution in [2.75, 3.05) is 37.7 Å². The van der Waals surface area contributed by atoms with Gasteiger partial charge in [-0.25, -0.2) is 0 Å². The van der Waals surface area contributed by atoms with Crippen molar-refractivity contribution >= 4 is 16.7 Å². The summed E-state index contributed by atoms with van der Waals surface area (Å²) < 4.78 is 11.3. The third-order valence-electron chi connectivity index (χ3n) is 3.98. The van der Waals surface area contributed by atoms with Gasteiger partial charge in [0.25, 0.3) is 0 Å². The maximum absolute atomic E-state index is 11.6. The average Bonchev–Trinajstić information content (AvgIpc) is 2.43. The number of amides is 1. The van der Waals surface area contributed by atoms with E-state index < -0.39 is 16.3 Å². The highest BCUT2D eigenvalue weighted by molar-refractivity contribution is 7.85. The number of primary amides is 1. The lowest BCUT2D eigenvalue weighted by Crippen LogP contribution is -2.53. The number of hydrogen-bond donors (Lipinski definition) is 2. The summed E-state index contributed by atoms with van der Waals surface area (Å²) in [5, 5.41) is 3.26. The topological polar surface area (TPSA) is 75.4 Å². The summed E-state index contributed by atoms with van der Waals surface area (Å²) in [4.78, 5) is 13.9. The van der Waals surface area contributed by atoms with Crippen LogP contribution in [0.4, 0.5) is 0 Å². The van der Waals surface area contributed by atoms with Crippen molar-refractivity contribution in [3.63, 3.8) is 0 Å². The molecule has 1 saturated heterocycles. The van der Waals surface area contributed by atoms with Gasteiger partial charge in [0.15, 0.2) is 0 Å². The van der Waals surface area contributed by atoms with Gasteiger partial charge in [-0.3, -0.25) is 9.00 Å². The maximum atomic E-state index is 11.6.